The zero-order valence-corrected chi connectivity index (χ0v) is 15.9. The molecule has 25 heavy (non-hydrogen) atoms. The zero-order valence-electron chi connectivity index (χ0n) is 13.5. The largest absolute Gasteiger partial charge is 0.335 e. The quantitative estimate of drug-likeness (QED) is 0.596. The molecule has 0 spiro atoms. The van der Waals surface area contributed by atoms with Gasteiger partial charge >= 0.3 is 0 Å². The van der Waals surface area contributed by atoms with E-state index in [9.17, 15) is 4.79 Å². The second-order valence-corrected chi connectivity index (χ2v) is 8.15. The van der Waals surface area contributed by atoms with Crippen LogP contribution in [0.25, 0.3) is 10.6 Å². The van der Waals surface area contributed by atoms with E-state index in [0.717, 1.165) is 35.7 Å². The highest BCUT2D eigenvalue weighted by Crippen LogP contribution is 2.34. The first-order chi connectivity index (χ1) is 12.2. The number of rotatable bonds is 4. The average molecular weight is 389 g/mol. The molecule has 0 N–H and O–H groups in total. The topological polar surface area (TPSA) is 33.2 Å². The number of nitrogens with zero attached hydrogens (tertiary/aromatic N) is 2. The summed E-state index contributed by atoms with van der Waals surface area (Å²) in [4.78, 5) is 19.4. The van der Waals surface area contributed by atoms with Crippen molar-refractivity contribution in [2.24, 2.45) is 0 Å². The van der Waals surface area contributed by atoms with Gasteiger partial charge in [0.15, 0.2) is 0 Å². The van der Waals surface area contributed by atoms with Crippen molar-refractivity contribution in [2.75, 3.05) is 6.54 Å². The van der Waals surface area contributed by atoms with Gasteiger partial charge in [-0.25, -0.2) is 4.98 Å². The van der Waals surface area contributed by atoms with Crippen molar-refractivity contribution in [1.29, 1.82) is 0 Å². The van der Waals surface area contributed by atoms with Crippen molar-refractivity contribution in [3.05, 3.63) is 62.8 Å². The molecule has 0 radical (unpaired) electrons. The number of thiophene rings is 1. The van der Waals surface area contributed by atoms with Crippen LogP contribution in [-0.4, -0.2) is 22.3 Å². The molecule has 1 aliphatic rings. The van der Waals surface area contributed by atoms with Crippen LogP contribution in [-0.2, 0) is 11.2 Å². The highest BCUT2D eigenvalue weighted by atomic mass is 35.5. The Labute approximate surface area is 159 Å². The van der Waals surface area contributed by atoms with Crippen LogP contribution in [0.1, 0.15) is 30.1 Å². The number of hydrogen-bond donors (Lipinski definition) is 0. The van der Waals surface area contributed by atoms with Gasteiger partial charge in [0.2, 0.25) is 5.91 Å². The Balaban J connectivity index is 1.49. The maximum atomic E-state index is 12.8. The number of thiazole rings is 1. The molecule has 2 aromatic heterocycles. The summed E-state index contributed by atoms with van der Waals surface area (Å²) in [5, 5.41) is 7.74. The molecule has 1 atom stereocenters. The predicted octanol–water partition coefficient (Wildman–Crippen LogP) is 5.43. The molecular weight excluding hydrogens is 372 g/mol. The Kier molecular flexibility index (Phi) is 4.88. The minimum Gasteiger partial charge on any atom is -0.335 e. The first-order valence-electron chi connectivity index (χ1n) is 8.23. The second kappa shape index (κ2) is 7.28. The monoisotopic (exact) mass is 388 g/mol. The van der Waals surface area contributed by atoms with Crippen molar-refractivity contribution < 1.29 is 4.79 Å². The third-order valence-corrected chi connectivity index (χ3v) is 6.44. The van der Waals surface area contributed by atoms with Crippen LogP contribution in [0.4, 0.5) is 0 Å². The van der Waals surface area contributed by atoms with Gasteiger partial charge in [0.25, 0.3) is 0 Å². The number of hydrogen-bond acceptors (Lipinski definition) is 4. The zero-order chi connectivity index (χ0) is 17.2. The lowest BCUT2D eigenvalue weighted by Crippen LogP contribution is -2.31. The first-order valence-corrected chi connectivity index (χ1v) is 10.4. The third-order valence-electron chi connectivity index (χ3n) is 4.49. The lowest BCUT2D eigenvalue weighted by Gasteiger charge is -2.24. The van der Waals surface area contributed by atoms with E-state index >= 15 is 0 Å². The molecule has 1 amide bonds. The summed E-state index contributed by atoms with van der Waals surface area (Å²) in [6.45, 7) is 0.834. The van der Waals surface area contributed by atoms with E-state index < -0.39 is 0 Å². The number of carbonyl (C=O) groups excluding carboxylic acids is 1. The van der Waals surface area contributed by atoms with Gasteiger partial charge in [-0.05, 0) is 41.3 Å². The second-order valence-electron chi connectivity index (χ2n) is 6.10. The van der Waals surface area contributed by atoms with Crippen molar-refractivity contribution >= 4 is 40.2 Å². The van der Waals surface area contributed by atoms with Gasteiger partial charge in [-0.15, -0.1) is 11.3 Å². The van der Waals surface area contributed by atoms with E-state index in [4.69, 9.17) is 11.6 Å². The maximum absolute atomic E-state index is 12.8. The molecule has 3 nitrogen and oxygen atoms in total. The molecular formula is C19H17ClN2OS2. The lowest BCUT2D eigenvalue weighted by atomic mass is 10.1. The van der Waals surface area contributed by atoms with Gasteiger partial charge in [0.1, 0.15) is 5.01 Å². The van der Waals surface area contributed by atoms with E-state index in [1.165, 1.54) is 16.9 Å². The number of aromatic nitrogens is 1. The third kappa shape index (κ3) is 3.50. The van der Waals surface area contributed by atoms with Crippen LogP contribution in [0.15, 0.2) is 46.5 Å². The molecule has 1 fully saturated rings. The van der Waals surface area contributed by atoms with Crippen molar-refractivity contribution in [2.45, 2.75) is 25.3 Å². The molecule has 1 unspecified atom stereocenters. The van der Waals surface area contributed by atoms with Gasteiger partial charge in [-0.2, -0.15) is 11.3 Å². The van der Waals surface area contributed by atoms with Crippen LogP contribution in [0.3, 0.4) is 0 Å². The molecule has 3 heterocycles. The highest BCUT2D eigenvalue weighted by Gasteiger charge is 2.30. The number of benzene rings is 1. The van der Waals surface area contributed by atoms with E-state index in [0.29, 0.717) is 11.4 Å². The molecule has 6 heteroatoms. The number of amides is 1. The Bertz CT molecular complexity index is 875. The Hall–Kier alpha value is -1.69. The molecule has 4 rings (SSSR count). The SMILES string of the molecule is O=C(Cc1csc(-c2ccccc2Cl)n1)N1CCCC1c1ccsc1. The van der Waals surface area contributed by atoms with Crippen LogP contribution >= 0.6 is 34.3 Å². The predicted molar refractivity (Wildman–Crippen MR) is 104 cm³/mol. The summed E-state index contributed by atoms with van der Waals surface area (Å²) >= 11 is 9.47. The molecule has 0 saturated carbocycles. The summed E-state index contributed by atoms with van der Waals surface area (Å²) in [6, 6.07) is 10.0. The fourth-order valence-electron chi connectivity index (χ4n) is 3.28. The molecule has 1 aliphatic heterocycles. The lowest BCUT2D eigenvalue weighted by molar-refractivity contribution is -0.131. The molecule has 1 aromatic carbocycles. The Morgan fingerprint density at radius 2 is 2.16 bits per heavy atom. The first kappa shape index (κ1) is 16.8. The van der Waals surface area contributed by atoms with Crippen molar-refractivity contribution in [1.82, 2.24) is 9.88 Å². The molecule has 3 aromatic rings. The van der Waals surface area contributed by atoms with Gasteiger partial charge in [0, 0.05) is 17.5 Å². The average Bonchev–Trinajstić information content (AvgIpc) is 3.36. The van der Waals surface area contributed by atoms with E-state index in [1.54, 1.807) is 11.3 Å². The van der Waals surface area contributed by atoms with Crippen LogP contribution in [0.2, 0.25) is 5.02 Å². The van der Waals surface area contributed by atoms with Crippen molar-refractivity contribution in [3.8, 4) is 10.6 Å². The number of carbonyl (C=O) groups is 1. The summed E-state index contributed by atoms with van der Waals surface area (Å²) < 4.78 is 0. The molecule has 128 valence electrons. The van der Waals surface area contributed by atoms with Gasteiger partial charge in [0.05, 0.1) is 23.2 Å². The van der Waals surface area contributed by atoms with Crippen LogP contribution < -0.4 is 0 Å². The van der Waals surface area contributed by atoms with E-state index in [-0.39, 0.29) is 11.9 Å². The van der Waals surface area contributed by atoms with Crippen LogP contribution in [0, 0.1) is 0 Å². The molecule has 1 saturated heterocycles. The maximum Gasteiger partial charge on any atom is 0.229 e. The minimum absolute atomic E-state index is 0.157. The highest BCUT2D eigenvalue weighted by molar-refractivity contribution is 7.13. The van der Waals surface area contributed by atoms with Crippen molar-refractivity contribution in [3.63, 3.8) is 0 Å². The van der Waals surface area contributed by atoms with Crippen LogP contribution in [0.5, 0.6) is 0 Å². The summed E-state index contributed by atoms with van der Waals surface area (Å²) in [6.07, 6.45) is 2.46. The Morgan fingerprint density at radius 3 is 2.96 bits per heavy atom. The van der Waals surface area contributed by atoms with Gasteiger partial charge in [-0.1, -0.05) is 29.8 Å². The normalized spacial score (nSPS) is 17.2. The molecule has 0 bridgehead atoms. The summed E-state index contributed by atoms with van der Waals surface area (Å²) in [5.41, 5.74) is 3.00. The smallest absolute Gasteiger partial charge is 0.229 e. The van der Waals surface area contributed by atoms with Gasteiger partial charge < -0.3 is 4.90 Å². The summed E-state index contributed by atoms with van der Waals surface area (Å²) in [7, 11) is 0. The fraction of sp³-hybridized carbons (Fsp3) is 0.263. The molecule has 0 aliphatic carbocycles. The minimum atomic E-state index is 0.157. The fourth-order valence-corrected chi connectivity index (χ4v) is 5.13. The number of likely N-dealkylation sites (tertiary alicyclic amines) is 1. The van der Waals surface area contributed by atoms with E-state index in [1.807, 2.05) is 34.5 Å². The van der Waals surface area contributed by atoms with Gasteiger partial charge in [-0.3, -0.25) is 4.79 Å². The standard InChI is InChI=1S/C19H17ClN2OS2/c20-16-5-2-1-4-15(16)19-21-14(12-25-19)10-18(23)22-8-3-6-17(22)13-7-9-24-11-13/h1-2,4-5,7,9,11-12,17H,3,6,8,10H2. The number of halogens is 1. The Morgan fingerprint density at radius 1 is 1.28 bits per heavy atom. The van der Waals surface area contributed by atoms with E-state index in [2.05, 4.69) is 21.8 Å². The summed E-state index contributed by atoms with van der Waals surface area (Å²) in [5.74, 6) is 0.157.